The van der Waals surface area contributed by atoms with Crippen molar-refractivity contribution in [3.8, 4) is 5.88 Å². The van der Waals surface area contributed by atoms with Crippen molar-refractivity contribution < 1.29 is 23.8 Å². The molecule has 1 amide bonds. The highest BCUT2D eigenvalue weighted by molar-refractivity contribution is 5.81. The van der Waals surface area contributed by atoms with Crippen LogP contribution in [0.1, 0.15) is 80.3 Å². The number of fused-ring (bicyclic) bond motifs is 1. The van der Waals surface area contributed by atoms with Crippen molar-refractivity contribution in [2.24, 2.45) is 5.41 Å². The van der Waals surface area contributed by atoms with Crippen LogP contribution < -0.4 is 15.4 Å². The molecular weight excluding hydrogens is 607 g/mol. The van der Waals surface area contributed by atoms with Gasteiger partial charge in [0.1, 0.15) is 17.5 Å². The Morgan fingerprint density at radius 2 is 1.92 bits per heavy atom. The van der Waals surface area contributed by atoms with Gasteiger partial charge in [0.2, 0.25) is 5.88 Å². The van der Waals surface area contributed by atoms with Gasteiger partial charge in [-0.2, -0.15) is 0 Å². The molecule has 9 heteroatoms. The van der Waals surface area contributed by atoms with Crippen LogP contribution in [0.15, 0.2) is 60.8 Å². The molecule has 0 bridgehead atoms. The molecule has 3 aliphatic rings. The molecule has 1 aromatic heterocycles. The minimum atomic E-state index is -0.917. The summed E-state index contributed by atoms with van der Waals surface area (Å²) in [6.45, 7) is 11.4. The number of carbonyl (C=O) groups is 1. The fourth-order valence-corrected chi connectivity index (χ4v) is 7.22. The molecule has 48 heavy (non-hydrogen) atoms. The van der Waals surface area contributed by atoms with Gasteiger partial charge in [-0.15, -0.1) is 0 Å². The van der Waals surface area contributed by atoms with Gasteiger partial charge in [-0.3, -0.25) is 9.69 Å². The van der Waals surface area contributed by atoms with E-state index >= 15 is 0 Å². The number of nitrogens with zero attached hydrogens (tertiary/aromatic N) is 2. The van der Waals surface area contributed by atoms with Gasteiger partial charge in [0, 0.05) is 50.4 Å². The van der Waals surface area contributed by atoms with Crippen LogP contribution in [0.25, 0.3) is 0 Å². The highest BCUT2D eigenvalue weighted by atomic mass is 19.1. The normalized spacial score (nSPS) is 21.9. The molecule has 6 rings (SSSR count). The van der Waals surface area contributed by atoms with Crippen molar-refractivity contribution in [3.05, 3.63) is 94.4 Å². The zero-order valence-electron chi connectivity index (χ0n) is 28.8. The number of aliphatic hydroxyl groups excluding tert-OH is 1. The molecule has 4 atom stereocenters. The first-order valence-electron chi connectivity index (χ1n) is 17.5. The summed E-state index contributed by atoms with van der Waals surface area (Å²) in [5.41, 5.74) is 5.35. The lowest BCUT2D eigenvalue weighted by atomic mass is 9.73. The summed E-state index contributed by atoms with van der Waals surface area (Å²) in [6.07, 6.45) is 5.50. The molecule has 2 fully saturated rings. The van der Waals surface area contributed by atoms with Crippen LogP contribution in [-0.2, 0) is 28.9 Å². The maximum Gasteiger partial charge on any atom is 0.250 e. The van der Waals surface area contributed by atoms with Gasteiger partial charge in [0.25, 0.3) is 5.91 Å². The number of rotatable bonds is 11. The summed E-state index contributed by atoms with van der Waals surface area (Å²) in [6, 6.07) is 16.0. The predicted molar refractivity (Wildman–Crippen MR) is 184 cm³/mol. The minimum Gasteiger partial charge on any atom is -0.471 e. The van der Waals surface area contributed by atoms with Crippen LogP contribution in [0.4, 0.5) is 4.39 Å². The van der Waals surface area contributed by atoms with Gasteiger partial charge >= 0.3 is 0 Å². The largest absolute Gasteiger partial charge is 0.471 e. The van der Waals surface area contributed by atoms with Crippen LogP contribution in [0.2, 0.25) is 0 Å². The lowest BCUT2D eigenvalue weighted by molar-refractivity contribution is -0.140. The van der Waals surface area contributed by atoms with E-state index in [0.717, 1.165) is 61.9 Å². The number of carbonyl (C=O) groups excluding carboxylic acids is 1. The molecule has 3 N–H and O–H groups in total. The van der Waals surface area contributed by atoms with E-state index in [2.05, 4.69) is 61.4 Å². The summed E-state index contributed by atoms with van der Waals surface area (Å²) >= 11 is 0. The molecule has 258 valence electrons. The number of morpholine rings is 1. The average molecular weight is 659 g/mol. The van der Waals surface area contributed by atoms with Crippen molar-refractivity contribution in [3.63, 3.8) is 0 Å². The average Bonchev–Trinajstić information content (AvgIpc) is 3.04. The van der Waals surface area contributed by atoms with E-state index in [1.807, 2.05) is 18.3 Å². The van der Waals surface area contributed by atoms with E-state index in [1.165, 1.54) is 23.3 Å². The molecule has 8 nitrogen and oxygen atoms in total. The first kappa shape index (κ1) is 34.5. The van der Waals surface area contributed by atoms with Crippen LogP contribution in [0.5, 0.6) is 5.88 Å². The fraction of sp³-hybridized carbons (Fsp3) is 0.538. The van der Waals surface area contributed by atoms with Crippen LogP contribution in [0, 0.1) is 18.2 Å². The zero-order valence-corrected chi connectivity index (χ0v) is 28.8. The van der Waals surface area contributed by atoms with Crippen molar-refractivity contribution in [2.45, 2.75) is 103 Å². The maximum atomic E-state index is 13.8. The Morgan fingerprint density at radius 1 is 1.15 bits per heavy atom. The van der Waals surface area contributed by atoms with Crippen molar-refractivity contribution in [1.82, 2.24) is 20.5 Å². The molecule has 1 saturated carbocycles. The molecule has 3 aromatic rings. The molecule has 1 saturated heterocycles. The van der Waals surface area contributed by atoms with Crippen molar-refractivity contribution in [1.29, 1.82) is 0 Å². The van der Waals surface area contributed by atoms with Gasteiger partial charge in [-0.1, -0.05) is 57.2 Å². The number of aromatic nitrogens is 1. The highest BCUT2D eigenvalue weighted by Gasteiger charge is 2.46. The number of amides is 1. The van der Waals surface area contributed by atoms with E-state index in [0.29, 0.717) is 25.5 Å². The fourth-order valence-electron chi connectivity index (χ4n) is 7.22. The monoisotopic (exact) mass is 658 g/mol. The number of ether oxygens (including phenoxy) is 2. The molecule has 1 spiro atoms. The van der Waals surface area contributed by atoms with E-state index in [4.69, 9.17) is 14.5 Å². The summed E-state index contributed by atoms with van der Waals surface area (Å²) in [5.74, 6) is 0.0939. The SMILES string of the molecule is Cc1ccccc1CN1CCO[C@@H](C(=O)N[C@@H](Cc2ccc(F)cc2)[C@@H](O)CN[C@H]2CC3(CCC3)Oc3ncc(CC(C)(C)C)cc32)C1. The number of aryl methyl sites for hydroxylation is 1. The van der Waals surface area contributed by atoms with Crippen molar-refractivity contribution in [2.75, 3.05) is 26.2 Å². The van der Waals surface area contributed by atoms with E-state index < -0.39 is 18.2 Å². The van der Waals surface area contributed by atoms with Crippen LogP contribution in [0.3, 0.4) is 0 Å². The standard InChI is InChI=1S/C39H51FN4O4/c1-26-8-5-6-9-29(26)24-44-16-17-47-35(25-44)36(46)43-32(19-27-10-12-30(40)13-11-27)34(45)23-41-33-21-39(14-7-15-39)48-37-31(33)18-28(22-42-37)20-38(2,3)4/h5-6,8-13,18,22,32-35,41,45H,7,14-17,19-21,23-25H2,1-4H3,(H,43,46)/t32-,33-,34-,35+/m0/s1. The van der Waals surface area contributed by atoms with Gasteiger partial charge < -0.3 is 25.2 Å². The number of benzene rings is 2. The van der Waals surface area contributed by atoms with E-state index in [9.17, 15) is 14.3 Å². The quantitative estimate of drug-likeness (QED) is 0.253. The lowest BCUT2D eigenvalue weighted by Crippen LogP contribution is -2.56. The Morgan fingerprint density at radius 3 is 2.62 bits per heavy atom. The highest BCUT2D eigenvalue weighted by Crippen LogP contribution is 2.48. The number of pyridine rings is 1. The Balaban J connectivity index is 1.15. The first-order valence-corrected chi connectivity index (χ1v) is 17.5. The lowest BCUT2D eigenvalue weighted by Gasteiger charge is -2.47. The van der Waals surface area contributed by atoms with Gasteiger partial charge in [0.15, 0.2) is 0 Å². The predicted octanol–water partition coefficient (Wildman–Crippen LogP) is 5.44. The molecule has 2 aliphatic heterocycles. The number of hydrogen-bond donors (Lipinski definition) is 3. The van der Waals surface area contributed by atoms with Gasteiger partial charge in [0.05, 0.1) is 18.8 Å². The number of hydrogen-bond acceptors (Lipinski definition) is 7. The molecule has 0 radical (unpaired) electrons. The van der Waals surface area contributed by atoms with Crippen LogP contribution >= 0.6 is 0 Å². The van der Waals surface area contributed by atoms with Crippen molar-refractivity contribution >= 4 is 5.91 Å². The molecule has 3 heterocycles. The van der Waals surface area contributed by atoms with E-state index in [-0.39, 0.29) is 35.3 Å². The third-order valence-electron chi connectivity index (χ3n) is 10.0. The van der Waals surface area contributed by atoms with Gasteiger partial charge in [-0.25, -0.2) is 9.37 Å². The summed E-state index contributed by atoms with van der Waals surface area (Å²) < 4.78 is 26.2. The smallest absolute Gasteiger partial charge is 0.250 e. The number of nitrogens with one attached hydrogen (secondary N) is 2. The molecule has 1 aliphatic carbocycles. The Kier molecular flexibility index (Phi) is 10.5. The Hall–Kier alpha value is -3.37. The minimum absolute atomic E-state index is 0.0463. The van der Waals surface area contributed by atoms with Crippen LogP contribution in [-0.4, -0.2) is 71.0 Å². The summed E-state index contributed by atoms with van der Waals surface area (Å²) in [4.78, 5) is 20.7. The molecule has 2 aromatic carbocycles. The molecular formula is C39H51FN4O4. The Labute approximate surface area is 284 Å². The third kappa shape index (κ3) is 8.61. The van der Waals surface area contributed by atoms with Gasteiger partial charge in [-0.05, 0) is 84.9 Å². The number of halogens is 1. The molecule has 0 unspecified atom stereocenters. The second-order valence-electron chi connectivity index (χ2n) is 15.3. The Bertz CT molecular complexity index is 1550. The first-order chi connectivity index (χ1) is 23.0. The topological polar surface area (TPSA) is 96.0 Å². The van der Waals surface area contributed by atoms with E-state index in [1.54, 1.807) is 12.1 Å². The summed E-state index contributed by atoms with van der Waals surface area (Å²) in [7, 11) is 0. The second kappa shape index (κ2) is 14.6. The third-order valence-corrected chi connectivity index (χ3v) is 10.0. The summed E-state index contributed by atoms with van der Waals surface area (Å²) in [5, 5.41) is 18.4. The number of aliphatic hydroxyl groups is 1. The zero-order chi connectivity index (χ0) is 33.9. The second-order valence-corrected chi connectivity index (χ2v) is 15.3. The maximum absolute atomic E-state index is 13.8.